The molecule has 0 spiro atoms. The van der Waals surface area contributed by atoms with Crippen LogP contribution in [0, 0.1) is 10.5 Å². The fraction of sp³-hybridized carbons (Fsp3) is 0.100. The molecular weight excluding hydrogens is 295 g/mol. The summed E-state index contributed by atoms with van der Waals surface area (Å²) in [7, 11) is 0. The van der Waals surface area contributed by atoms with Crippen LogP contribution in [0.2, 0.25) is 0 Å². The molecule has 1 N–H and O–H groups in total. The molecule has 0 unspecified atom stereocenters. The second kappa shape index (κ2) is 3.27. The van der Waals surface area contributed by atoms with Gasteiger partial charge in [0.25, 0.3) is 0 Å². The summed E-state index contributed by atoms with van der Waals surface area (Å²) in [5.41, 5.74) is 0.920. The number of phenols is 1. The van der Waals surface area contributed by atoms with E-state index in [0.717, 1.165) is 10.9 Å². The van der Waals surface area contributed by atoms with Crippen LogP contribution in [0.4, 0.5) is 0 Å². The molecule has 0 fully saturated rings. The fourth-order valence-corrected chi connectivity index (χ4v) is 1.92. The standard InChI is InChI=1S/C10H7IO3/c1-5-4-8(13)14-10-6(5)2-3-7(12)9(10)11/h2-4,12H,1H3. The van der Waals surface area contributed by atoms with Gasteiger partial charge in [-0.3, -0.25) is 0 Å². The van der Waals surface area contributed by atoms with Crippen LogP contribution in [-0.4, -0.2) is 5.11 Å². The average molecular weight is 302 g/mol. The summed E-state index contributed by atoms with van der Waals surface area (Å²) in [6, 6.07) is 4.78. The minimum atomic E-state index is -0.390. The molecule has 1 aromatic heterocycles. The highest BCUT2D eigenvalue weighted by atomic mass is 127. The first-order valence-electron chi connectivity index (χ1n) is 4.01. The first kappa shape index (κ1) is 9.51. The van der Waals surface area contributed by atoms with Gasteiger partial charge < -0.3 is 9.52 Å². The monoisotopic (exact) mass is 302 g/mol. The van der Waals surface area contributed by atoms with E-state index in [1.165, 1.54) is 6.07 Å². The van der Waals surface area contributed by atoms with Gasteiger partial charge in [-0.15, -0.1) is 0 Å². The van der Waals surface area contributed by atoms with Crippen LogP contribution in [0.1, 0.15) is 5.56 Å². The molecule has 0 atom stereocenters. The Balaban J connectivity index is 3.02. The van der Waals surface area contributed by atoms with Crippen molar-refractivity contribution in [1.29, 1.82) is 0 Å². The van der Waals surface area contributed by atoms with E-state index in [4.69, 9.17) is 4.42 Å². The summed E-state index contributed by atoms with van der Waals surface area (Å²) in [6.07, 6.45) is 0. The lowest BCUT2D eigenvalue weighted by Gasteiger charge is -2.03. The van der Waals surface area contributed by atoms with Crippen molar-refractivity contribution in [3.8, 4) is 5.75 Å². The largest absolute Gasteiger partial charge is 0.507 e. The number of hydrogen-bond donors (Lipinski definition) is 1. The number of hydrogen-bond acceptors (Lipinski definition) is 3. The van der Waals surface area contributed by atoms with Gasteiger partial charge in [0.05, 0.1) is 3.57 Å². The van der Waals surface area contributed by atoms with Crippen LogP contribution in [0.25, 0.3) is 11.0 Å². The van der Waals surface area contributed by atoms with E-state index in [0.29, 0.717) is 9.15 Å². The number of halogens is 1. The van der Waals surface area contributed by atoms with Crippen LogP contribution < -0.4 is 5.63 Å². The molecular formula is C10H7IO3. The predicted molar refractivity (Wildman–Crippen MR) is 61.6 cm³/mol. The van der Waals surface area contributed by atoms with E-state index >= 15 is 0 Å². The average Bonchev–Trinajstić information content (AvgIpc) is 2.12. The zero-order valence-corrected chi connectivity index (χ0v) is 9.53. The van der Waals surface area contributed by atoms with Crippen molar-refractivity contribution in [2.75, 3.05) is 0 Å². The third-order valence-corrected chi connectivity index (χ3v) is 3.08. The first-order valence-corrected chi connectivity index (χ1v) is 5.09. The van der Waals surface area contributed by atoms with Crippen molar-refractivity contribution < 1.29 is 9.52 Å². The number of benzene rings is 1. The van der Waals surface area contributed by atoms with Crippen molar-refractivity contribution >= 4 is 33.6 Å². The number of fused-ring (bicyclic) bond motifs is 1. The summed E-state index contributed by atoms with van der Waals surface area (Å²) in [5.74, 6) is 0.131. The maximum atomic E-state index is 11.1. The summed E-state index contributed by atoms with van der Waals surface area (Å²) in [5, 5.41) is 10.3. The Labute approximate surface area is 93.5 Å². The smallest absolute Gasteiger partial charge is 0.336 e. The fourth-order valence-electron chi connectivity index (χ4n) is 1.34. The van der Waals surface area contributed by atoms with Crippen molar-refractivity contribution in [2.24, 2.45) is 0 Å². The van der Waals surface area contributed by atoms with Crippen molar-refractivity contribution in [1.82, 2.24) is 0 Å². The minimum Gasteiger partial charge on any atom is -0.507 e. The molecule has 0 amide bonds. The van der Waals surface area contributed by atoms with E-state index in [1.54, 1.807) is 12.1 Å². The molecule has 2 rings (SSSR count). The van der Waals surface area contributed by atoms with E-state index in [-0.39, 0.29) is 5.75 Å². The molecule has 1 aromatic carbocycles. The minimum absolute atomic E-state index is 0.131. The second-order valence-electron chi connectivity index (χ2n) is 3.02. The summed E-state index contributed by atoms with van der Waals surface area (Å²) < 4.78 is 5.60. The van der Waals surface area contributed by atoms with Gasteiger partial charge in [0, 0.05) is 11.5 Å². The zero-order chi connectivity index (χ0) is 10.3. The predicted octanol–water partition coefficient (Wildman–Crippen LogP) is 2.41. The Hall–Kier alpha value is -1.04. The Morgan fingerprint density at radius 1 is 1.43 bits per heavy atom. The van der Waals surface area contributed by atoms with Gasteiger partial charge in [0.1, 0.15) is 5.75 Å². The number of aromatic hydroxyl groups is 1. The van der Waals surface area contributed by atoms with Gasteiger partial charge >= 0.3 is 5.63 Å². The highest BCUT2D eigenvalue weighted by Crippen LogP contribution is 2.28. The topological polar surface area (TPSA) is 50.4 Å². The lowest BCUT2D eigenvalue weighted by atomic mass is 10.1. The molecule has 0 saturated carbocycles. The molecule has 1 heterocycles. The van der Waals surface area contributed by atoms with Gasteiger partial charge in [-0.05, 0) is 47.2 Å². The summed E-state index contributed by atoms with van der Waals surface area (Å²) in [6.45, 7) is 1.84. The molecule has 14 heavy (non-hydrogen) atoms. The summed E-state index contributed by atoms with van der Waals surface area (Å²) >= 11 is 1.95. The maximum absolute atomic E-state index is 11.1. The molecule has 0 saturated heterocycles. The molecule has 0 aliphatic carbocycles. The Kier molecular flexibility index (Phi) is 2.22. The third-order valence-electron chi connectivity index (χ3n) is 2.04. The maximum Gasteiger partial charge on any atom is 0.336 e. The molecule has 4 heteroatoms. The van der Waals surface area contributed by atoms with Crippen LogP contribution >= 0.6 is 22.6 Å². The number of phenolic OH excluding ortho intramolecular Hbond substituents is 1. The number of aryl methyl sites for hydroxylation is 1. The molecule has 0 radical (unpaired) electrons. The van der Waals surface area contributed by atoms with Gasteiger partial charge in [0.2, 0.25) is 0 Å². The molecule has 0 bridgehead atoms. The second-order valence-corrected chi connectivity index (χ2v) is 4.10. The van der Waals surface area contributed by atoms with Gasteiger partial charge in [0.15, 0.2) is 5.58 Å². The lowest BCUT2D eigenvalue weighted by molar-refractivity contribution is 0.468. The van der Waals surface area contributed by atoms with E-state index in [9.17, 15) is 9.90 Å². The first-order chi connectivity index (χ1) is 6.59. The van der Waals surface area contributed by atoms with E-state index in [2.05, 4.69) is 0 Å². The van der Waals surface area contributed by atoms with Crippen LogP contribution in [0.5, 0.6) is 5.75 Å². The molecule has 3 nitrogen and oxygen atoms in total. The van der Waals surface area contributed by atoms with Crippen molar-refractivity contribution in [3.05, 3.63) is 37.8 Å². The molecule has 0 aliphatic rings. The van der Waals surface area contributed by atoms with Crippen LogP contribution in [0.15, 0.2) is 27.4 Å². The van der Waals surface area contributed by atoms with Crippen molar-refractivity contribution in [2.45, 2.75) is 6.92 Å². The van der Waals surface area contributed by atoms with Gasteiger partial charge in [-0.1, -0.05) is 0 Å². The van der Waals surface area contributed by atoms with Gasteiger partial charge in [-0.2, -0.15) is 0 Å². The zero-order valence-electron chi connectivity index (χ0n) is 7.37. The number of rotatable bonds is 0. The Bertz CT molecular complexity index is 557. The van der Waals surface area contributed by atoms with Crippen LogP contribution in [0.3, 0.4) is 0 Å². The lowest BCUT2D eigenvalue weighted by Crippen LogP contribution is -1.98. The Morgan fingerprint density at radius 2 is 2.14 bits per heavy atom. The van der Waals surface area contributed by atoms with E-state index < -0.39 is 5.63 Å². The third kappa shape index (κ3) is 1.39. The molecule has 72 valence electrons. The van der Waals surface area contributed by atoms with E-state index in [1.807, 2.05) is 29.5 Å². The Morgan fingerprint density at radius 3 is 2.86 bits per heavy atom. The normalized spacial score (nSPS) is 10.7. The van der Waals surface area contributed by atoms with Crippen LogP contribution in [-0.2, 0) is 0 Å². The van der Waals surface area contributed by atoms with Gasteiger partial charge in [-0.25, -0.2) is 4.79 Å². The molecule has 2 aromatic rings. The SMILES string of the molecule is Cc1cc(=O)oc2c(I)c(O)ccc12. The highest BCUT2D eigenvalue weighted by Gasteiger charge is 2.08. The quantitative estimate of drug-likeness (QED) is 0.600. The highest BCUT2D eigenvalue weighted by molar-refractivity contribution is 14.1. The summed E-state index contributed by atoms with van der Waals surface area (Å²) in [4.78, 5) is 11.1. The molecule has 0 aliphatic heterocycles. The van der Waals surface area contributed by atoms with Crippen molar-refractivity contribution in [3.63, 3.8) is 0 Å².